The number of nitrogens with zero attached hydrogens (tertiary/aromatic N) is 1. The van der Waals surface area contributed by atoms with Gasteiger partial charge in [-0.15, -0.1) is 0 Å². The van der Waals surface area contributed by atoms with Gasteiger partial charge < -0.3 is 5.21 Å². The quantitative estimate of drug-likeness (QED) is 0.417. The van der Waals surface area contributed by atoms with E-state index in [0.717, 1.165) is 0 Å². The third kappa shape index (κ3) is 1.69. The Morgan fingerprint density at radius 1 is 1.36 bits per heavy atom. The lowest BCUT2D eigenvalue weighted by molar-refractivity contribution is -0.114. The van der Waals surface area contributed by atoms with Gasteiger partial charge in [-0.3, -0.25) is 4.65 Å². The number of rotatable bonds is 3. The number of carbonyl (C=O) groups excluding carboxylic acids is 1. The fourth-order valence-electron chi connectivity index (χ4n) is 1.52. The van der Waals surface area contributed by atoms with Crippen molar-refractivity contribution in [3.8, 4) is 0 Å². The first-order valence-electron chi connectivity index (χ1n) is 4.77. The predicted octanol–water partition coefficient (Wildman–Crippen LogP) is 2.16. The van der Waals surface area contributed by atoms with E-state index in [1.807, 2.05) is 12.1 Å². The van der Waals surface area contributed by atoms with Crippen molar-refractivity contribution in [3.05, 3.63) is 35.0 Å². The molecule has 0 heterocycles. The van der Waals surface area contributed by atoms with Crippen LogP contribution in [-0.2, 0) is 4.79 Å². The van der Waals surface area contributed by atoms with Gasteiger partial charge in [-0.05, 0) is 24.3 Å². The van der Waals surface area contributed by atoms with Crippen LogP contribution in [0.4, 0.5) is 5.69 Å². The molecule has 3 nitrogen and oxygen atoms in total. The molecule has 74 valence electrons. The molecule has 0 aliphatic heterocycles. The van der Waals surface area contributed by atoms with E-state index in [1.54, 1.807) is 12.1 Å². The van der Waals surface area contributed by atoms with Gasteiger partial charge in [0.25, 0.3) is 0 Å². The molecule has 0 N–H and O–H groups in total. The van der Waals surface area contributed by atoms with Gasteiger partial charge in [0, 0.05) is 12.1 Å². The van der Waals surface area contributed by atoms with Crippen LogP contribution in [0.15, 0.2) is 24.3 Å². The summed E-state index contributed by atoms with van der Waals surface area (Å²) in [6.45, 7) is 0. The smallest absolute Gasteiger partial charge is 0.306 e. The van der Waals surface area contributed by atoms with Gasteiger partial charge in [0.15, 0.2) is 0 Å². The minimum absolute atomic E-state index is 0.395. The second kappa shape index (κ2) is 3.19. The Kier molecular flexibility index (Phi) is 2.13. The zero-order valence-corrected chi connectivity index (χ0v) is 8.14. The molecule has 0 aromatic heterocycles. The van der Waals surface area contributed by atoms with Crippen molar-refractivity contribution in [1.82, 2.24) is 4.65 Å². The lowest BCUT2D eigenvalue weighted by atomic mass is 10.1. The summed E-state index contributed by atoms with van der Waals surface area (Å²) >= 11 is 0. The second-order valence-corrected chi connectivity index (χ2v) is 3.96. The average Bonchev–Trinajstić information content (AvgIpc) is 3.01. The summed E-state index contributed by atoms with van der Waals surface area (Å²) in [5.41, 5.74) is 1.77. The van der Waals surface area contributed by atoms with Crippen molar-refractivity contribution in [2.75, 3.05) is 7.05 Å². The molecule has 1 aromatic rings. The first-order valence-corrected chi connectivity index (χ1v) is 4.77. The van der Waals surface area contributed by atoms with Gasteiger partial charge in [-0.25, -0.2) is 4.79 Å². The van der Waals surface area contributed by atoms with Crippen LogP contribution in [-0.4, -0.2) is 13.5 Å². The van der Waals surface area contributed by atoms with Crippen LogP contribution in [0.1, 0.15) is 24.3 Å². The van der Waals surface area contributed by atoms with Crippen LogP contribution in [0.3, 0.4) is 0 Å². The highest BCUT2D eigenvalue weighted by molar-refractivity contribution is 5.69. The molecular weight excluding hydrogens is 178 g/mol. The molecule has 0 radical (unpaired) electrons. The van der Waals surface area contributed by atoms with Gasteiger partial charge in [0.2, 0.25) is 0 Å². The van der Waals surface area contributed by atoms with Crippen molar-refractivity contribution in [2.45, 2.75) is 18.8 Å². The lowest BCUT2D eigenvalue weighted by Gasteiger charge is -2.30. The molecule has 1 fully saturated rings. The zero-order valence-electron chi connectivity index (χ0n) is 8.14. The number of quaternary nitrogens is 1. The fraction of sp³-hybridized carbons (Fsp3) is 0.364. The standard InChI is InChI=1S/C11H13NO2/c1-12(14,8-13)11-6-4-10(5-7-11)9-2-3-9/h4-9H,2-3H2,1H3. The van der Waals surface area contributed by atoms with E-state index in [9.17, 15) is 10.0 Å². The maximum atomic E-state index is 11.5. The minimum Gasteiger partial charge on any atom is -0.620 e. The molecule has 1 atom stereocenters. The van der Waals surface area contributed by atoms with Gasteiger partial charge in [-0.2, -0.15) is 0 Å². The first-order chi connectivity index (χ1) is 6.63. The van der Waals surface area contributed by atoms with Gasteiger partial charge in [-0.1, -0.05) is 12.1 Å². The van der Waals surface area contributed by atoms with E-state index in [4.69, 9.17) is 0 Å². The van der Waals surface area contributed by atoms with E-state index in [-0.39, 0.29) is 0 Å². The highest BCUT2D eigenvalue weighted by Gasteiger charge is 2.24. The van der Waals surface area contributed by atoms with Gasteiger partial charge in [0.05, 0.1) is 7.05 Å². The summed E-state index contributed by atoms with van der Waals surface area (Å²) in [5, 5.41) is 11.5. The Morgan fingerprint density at radius 2 is 1.93 bits per heavy atom. The van der Waals surface area contributed by atoms with E-state index in [2.05, 4.69) is 0 Å². The Hall–Kier alpha value is -1.19. The molecule has 3 heteroatoms. The summed E-state index contributed by atoms with van der Waals surface area (Å²) in [6.07, 6.45) is 2.89. The number of carbonyl (C=O) groups is 1. The van der Waals surface area contributed by atoms with E-state index in [0.29, 0.717) is 18.0 Å². The fourth-order valence-corrected chi connectivity index (χ4v) is 1.52. The molecule has 1 aliphatic carbocycles. The summed E-state index contributed by atoms with van der Waals surface area (Å²) in [5.74, 6) is 0.686. The van der Waals surface area contributed by atoms with Crippen LogP contribution in [0, 0.1) is 5.21 Å². The molecule has 2 rings (SSSR count). The summed E-state index contributed by atoms with van der Waals surface area (Å²) < 4.78 is -0.953. The first kappa shape index (κ1) is 9.37. The largest absolute Gasteiger partial charge is 0.620 e. The zero-order chi connectivity index (χ0) is 10.2. The third-order valence-corrected chi connectivity index (χ3v) is 2.66. The average molecular weight is 191 g/mol. The Morgan fingerprint density at radius 3 is 2.36 bits per heavy atom. The molecule has 1 unspecified atom stereocenters. The van der Waals surface area contributed by atoms with Crippen molar-refractivity contribution >= 4 is 12.1 Å². The molecule has 1 saturated carbocycles. The maximum absolute atomic E-state index is 11.5. The van der Waals surface area contributed by atoms with Crippen LogP contribution in [0.5, 0.6) is 0 Å². The topological polar surface area (TPSA) is 40.1 Å². The second-order valence-electron chi connectivity index (χ2n) is 3.96. The number of benzene rings is 1. The molecule has 14 heavy (non-hydrogen) atoms. The van der Waals surface area contributed by atoms with Crippen molar-refractivity contribution in [3.63, 3.8) is 0 Å². The molecule has 0 saturated heterocycles. The summed E-state index contributed by atoms with van der Waals surface area (Å²) in [7, 11) is 1.33. The number of hydrogen-bond donors (Lipinski definition) is 0. The Bertz CT molecular complexity index is 339. The number of hydroxylamine groups is 2. The van der Waals surface area contributed by atoms with E-state index in [1.165, 1.54) is 25.5 Å². The van der Waals surface area contributed by atoms with Crippen molar-refractivity contribution in [2.24, 2.45) is 0 Å². The summed E-state index contributed by atoms with van der Waals surface area (Å²) in [6, 6.07) is 7.39. The van der Waals surface area contributed by atoms with E-state index < -0.39 is 4.65 Å². The van der Waals surface area contributed by atoms with E-state index >= 15 is 0 Å². The Balaban J connectivity index is 2.24. The predicted molar refractivity (Wildman–Crippen MR) is 55.6 cm³/mol. The molecule has 1 aromatic carbocycles. The van der Waals surface area contributed by atoms with Crippen molar-refractivity contribution in [1.29, 1.82) is 0 Å². The molecule has 0 spiro atoms. The Labute approximate surface area is 83.1 Å². The van der Waals surface area contributed by atoms with Crippen LogP contribution < -0.4 is 4.65 Å². The normalized spacial score (nSPS) is 20.1. The maximum Gasteiger partial charge on any atom is 0.306 e. The minimum atomic E-state index is -0.953. The molecule has 1 aliphatic rings. The van der Waals surface area contributed by atoms with Crippen LogP contribution in [0.2, 0.25) is 0 Å². The number of amides is 1. The van der Waals surface area contributed by atoms with Crippen LogP contribution >= 0.6 is 0 Å². The monoisotopic (exact) mass is 191 g/mol. The van der Waals surface area contributed by atoms with Gasteiger partial charge in [0.1, 0.15) is 5.69 Å². The highest BCUT2D eigenvalue weighted by atomic mass is 16.6. The third-order valence-electron chi connectivity index (χ3n) is 2.66. The molecule has 1 amide bonds. The van der Waals surface area contributed by atoms with Crippen LogP contribution in [0.25, 0.3) is 0 Å². The molecule has 0 bridgehead atoms. The molecular formula is C11H13NO2. The highest BCUT2D eigenvalue weighted by Crippen LogP contribution is 2.40. The SMILES string of the molecule is C[N+]([O-])(C=O)c1ccc(C2CC2)cc1. The number of hydrogen-bond acceptors (Lipinski definition) is 2. The van der Waals surface area contributed by atoms with Gasteiger partial charge >= 0.3 is 6.41 Å². The van der Waals surface area contributed by atoms with Crippen molar-refractivity contribution < 1.29 is 4.79 Å². The lowest BCUT2D eigenvalue weighted by Crippen LogP contribution is -2.36. The summed E-state index contributed by atoms with van der Waals surface area (Å²) in [4.78, 5) is 10.5.